The van der Waals surface area contributed by atoms with Crippen molar-refractivity contribution in [3.8, 4) is 0 Å². The molecule has 2 aromatic rings. The highest BCUT2D eigenvalue weighted by atomic mass is 16.6. The molecule has 0 bridgehead atoms. The number of hydrogen-bond acceptors (Lipinski definition) is 3. The van der Waals surface area contributed by atoms with E-state index in [4.69, 9.17) is 9.15 Å². The molecular weight excluding hydrogens is 194 g/mol. The smallest absolute Gasteiger partial charge is 0.419 e. The Kier molecular flexibility index (Phi) is 2.07. The SMILES string of the molecule is CC(C)(C)OC(=O)n1ccc2cocc21. The van der Waals surface area contributed by atoms with E-state index in [1.54, 1.807) is 12.5 Å². The summed E-state index contributed by atoms with van der Waals surface area (Å²) in [6.45, 7) is 5.50. The number of furan rings is 1. The first-order valence-electron chi connectivity index (χ1n) is 4.74. The summed E-state index contributed by atoms with van der Waals surface area (Å²) in [5, 5.41) is 0.890. The molecule has 0 radical (unpaired) electrons. The first-order chi connectivity index (χ1) is 6.97. The Balaban J connectivity index is 2.32. The van der Waals surface area contributed by atoms with Gasteiger partial charge in [0.05, 0.1) is 11.8 Å². The number of nitrogens with zero attached hydrogens (tertiary/aromatic N) is 1. The molecule has 2 heterocycles. The summed E-state index contributed by atoms with van der Waals surface area (Å²) in [7, 11) is 0. The van der Waals surface area contributed by atoms with Crippen molar-refractivity contribution < 1.29 is 13.9 Å². The van der Waals surface area contributed by atoms with Crippen LogP contribution in [0.1, 0.15) is 20.8 Å². The Hall–Kier alpha value is -1.71. The van der Waals surface area contributed by atoms with Gasteiger partial charge in [0.15, 0.2) is 0 Å². The number of carbonyl (C=O) groups excluding carboxylic acids is 1. The lowest BCUT2D eigenvalue weighted by Crippen LogP contribution is -2.26. The molecule has 0 aliphatic carbocycles. The molecule has 2 rings (SSSR count). The Labute approximate surface area is 87.4 Å². The van der Waals surface area contributed by atoms with E-state index < -0.39 is 5.60 Å². The summed E-state index contributed by atoms with van der Waals surface area (Å²) in [5.74, 6) is 0. The summed E-state index contributed by atoms with van der Waals surface area (Å²) in [5.41, 5.74) is 0.237. The van der Waals surface area contributed by atoms with E-state index >= 15 is 0 Å². The maximum Gasteiger partial charge on any atom is 0.419 e. The van der Waals surface area contributed by atoms with Crippen LogP contribution in [0.3, 0.4) is 0 Å². The average molecular weight is 207 g/mol. The molecule has 0 saturated heterocycles. The van der Waals surface area contributed by atoms with Gasteiger partial charge >= 0.3 is 6.09 Å². The zero-order valence-corrected chi connectivity index (χ0v) is 8.98. The molecule has 0 atom stereocenters. The molecule has 2 aromatic heterocycles. The van der Waals surface area contributed by atoms with Crippen LogP contribution in [-0.2, 0) is 4.74 Å². The fraction of sp³-hybridized carbons (Fsp3) is 0.364. The van der Waals surface area contributed by atoms with Crippen LogP contribution in [0, 0.1) is 0 Å². The van der Waals surface area contributed by atoms with Crippen LogP contribution in [-0.4, -0.2) is 16.3 Å². The van der Waals surface area contributed by atoms with Crippen molar-refractivity contribution >= 4 is 17.0 Å². The topological polar surface area (TPSA) is 44.4 Å². The molecule has 4 heteroatoms. The molecule has 0 amide bonds. The number of ether oxygens (including phenoxy) is 1. The monoisotopic (exact) mass is 207 g/mol. The molecule has 0 unspecified atom stereocenters. The van der Waals surface area contributed by atoms with Crippen molar-refractivity contribution in [2.45, 2.75) is 26.4 Å². The first kappa shape index (κ1) is 9.83. The third-order valence-corrected chi connectivity index (χ3v) is 1.92. The number of aromatic nitrogens is 1. The van der Waals surface area contributed by atoms with Crippen molar-refractivity contribution in [1.29, 1.82) is 0 Å². The average Bonchev–Trinajstić information content (AvgIpc) is 2.57. The second-order valence-electron chi connectivity index (χ2n) is 4.38. The summed E-state index contributed by atoms with van der Waals surface area (Å²) < 4.78 is 11.7. The number of hydrogen-bond donors (Lipinski definition) is 0. The van der Waals surface area contributed by atoms with E-state index in [9.17, 15) is 4.79 Å². The van der Waals surface area contributed by atoms with E-state index in [0.29, 0.717) is 0 Å². The van der Waals surface area contributed by atoms with E-state index in [-0.39, 0.29) is 6.09 Å². The standard InChI is InChI=1S/C11H13NO3/c1-11(2,3)15-10(13)12-5-4-8-6-14-7-9(8)12/h4-7H,1-3H3. The maximum atomic E-state index is 11.7. The second-order valence-corrected chi connectivity index (χ2v) is 4.38. The predicted molar refractivity (Wildman–Crippen MR) is 55.8 cm³/mol. The van der Waals surface area contributed by atoms with E-state index in [1.807, 2.05) is 26.8 Å². The van der Waals surface area contributed by atoms with Crippen molar-refractivity contribution in [2.24, 2.45) is 0 Å². The van der Waals surface area contributed by atoms with Crippen LogP contribution in [0.15, 0.2) is 29.2 Å². The molecule has 15 heavy (non-hydrogen) atoms. The van der Waals surface area contributed by atoms with Gasteiger partial charge in [0, 0.05) is 11.6 Å². The van der Waals surface area contributed by atoms with Gasteiger partial charge in [-0.1, -0.05) is 0 Å². The minimum atomic E-state index is -0.489. The fourth-order valence-corrected chi connectivity index (χ4v) is 1.33. The second kappa shape index (κ2) is 3.15. The Bertz CT molecular complexity index is 487. The molecule has 0 aliphatic rings. The number of rotatable bonds is 0. The van der Waals surface area contributed by atoms with Crippen molar-refractivity contribution in [1.82, 2.24) is 4.57 Å². The Morgan fingerprint density at radius 3 is 2.80 bits per heavy atom. The van der Waals surface area contributed by atoms with Gasteiger partial charge in [0.2, 0.25) is 0 Å². The molecule has 0 N–H and O–H groups in total. The zero-order valence-electron chi connectivity index (χ0n) is 8.98. The van der Waals surface area contributed by atoms with Crippen molar-refractivity contribution in [2.75, 3.05) is 0 Å². The van der Waals surface area contributed by atoms with Gasteiger partial charge in [0.1, 0.15) is 11.9 Å². The van der Waals surface area contributed by atoms with Crippen LogP contribution in [0.25, 0.3) is 10.9 Å². The molecular formula is C11H13NO3. The number of carbonyl (C=O) groups is 1. The molecule has 0 aliphatic heterocycles. The fourth-order valence-electron chi connectivity index (χ4n) is 1.33. The van der Waals surface area contributed by atoms with E-state index in [0.717, 1.165) is 10.9 Å². The normalized spacial score (nSPS) is 11.9. The third-order valence-electron chi connectivity index (χ3n) is 1.92. The molecule has 0 spiro atoms. The summed E-state index contributed by atoms with van der Waals surface area (Å²) in [4.78, 5) is 11.7. The minimum absolute atomic E-state index is 0.390. The van der Waals surface area contributed by atoms with E-state index in [1.165, 1.54) is 10.8 Å². The van der Waals surface area contributed by atoms with Gasteiger partial charge in [-0.15, -0.1) is 0 Å². The van der Waals surface area contributed by atoms with Gasteiger partial charge in [-0.3, -0.25) is 0 Å². The highest BCUT2D eigenvalue weighted by Crippen LogP contribution is 2.18. The maximum absolute atomic E-state index is 11.7. The third kappa shape index (κ3) is 1.88. The lowest BCUT2D eigenvalue weighted by Gasteiger charge is -2.19. The lowest BCUT2D eigenvalue weighted by atomic mass is 10.2. The first-order valence-corrected chi connectivity index (χ1v) is 4.74. The van der Waals surface area contributed by atoms with Crippen LogP contribution in [0.5, 0.6) is 0 Å². The summed E-state index contributed by atoms with van der Waals surface area (Å²) in [6.07, 6.45) is 4.41. The molecule has 4 nitrogen and oxygen atoms in total. The predicted octanol–water partition coefficient (Wildman–Crippen LogP) is 3.02. The largest absolute Gasteiger partial charge is 0.470 e. The quantitative estimate of drug-likeness (QED) is 0.667. The zero-order chi connectivity index (χ0) is 11.1. The molecule has 0 aromatic carbocycles. The molecule has 0 saturated carbocycles. The van der Waals surface area contributed by atoms with Crippen LogP contribution < -0.4 is 0 Å². The highest BCUT2D eigenvalue weighted by molar-refractivity contribution is 5.88. The van der Waals surface area contributed by atoms with Gasteiger partial charge in [-0.25, -0.2) is 9.36 Å². The van der Waals surface area contributed by atoms with Crippen molar-refractivity contribution in [3.63, 3.8) is 0 Å². The van der Waals surface area contributed by atoms with Gasteiger partial charge < -0.3 is 9.15 Å². The van der Waals surface area contributed by atoms with Gasteiger partial charge in [-0.2, -0.15) is 0 Å². The van der Waals surface area contributed by atoms with Gasteiger partial charge in [0.25, 0.3) is 0 Å². The summed E-state index contributed by atoms with van der Waals surface area (Å²) in [6, 6.07) is 1.81. The van der Waals surface area contributed by atoms with Crippen LogP contribution >= 0.6 is 0 Å². The number of fused-ring (bicyclic) bond motifs is 1. The lowest BCUT2D eigenvalue weighted by molar-refractivity contribution is 0.0544. The summed E-state index contributed by atoms with van der Waals surface area (Å²) >= 11 is 0. The highest BCUT2D eigenvalue weighted by Gasteiger charge is 2.19. The van der Waals surface area contributed by atoms with Crippen molar-refractivity contribution in [3.05, 3.63) is 24.8 Å². The Morgan fingerprint density at radius 2 is 2.13 bits per heavy atom. The molecule has 0 fully saturated rings. The van der Waals surface area contributed by atoms with Gasteiger partial charge in [-0.05, 0) is 26.8 Å². The Morgan fingerprint density at radius 1 is 1.40 bits per heavy atom. The van der Waals surface area contributed by atoms with Crippen LogP contribution in [0.2, 0.25) is 0 Å². The van der Waals surface area contributed by atoms with Crippen LogP contribution in [0.4, 0.5) is 4.79 Å². The minimum Gasteiger partial charge on any atom is -0.470 e. The van der Waals surface area contributed by atoms with E-state index in [2.05, 4.69) is 0 Å². The molecule has 80 valence electrons.